The van der Waals surface area contributed by atoms with Crippen LogP contribution in [-0.4, -0.2) is 33.9 Å². The van der Waals surface area contributed by atoms with E-state index in [0.29, 0.717) is 0 Å². The van der Waals surface area contributed by atoms with Gasteiger partial charge in [0.05, 0.1) is 15.9 Å². The van der Waals surface area contributed by atoms with E-state index in [9.17, 15) is 29.8 Å². The van der Waals surface area contributed by atoms with E-state index in [-0.39, 0.29) is 5.69 Å². The highest BCUT2D eigenvalue weighted by molar-refractivity contribution is 5.94. The molecule has 1 heterocycles. The Bertz CT molecular complexity index is 676. The largest absolute Gasteiger partial charge is 0.367 e. The van der Waals surface area contributed by atoms with Crippen molar-refractivity contribution in [2.45, 2.75) is 12.2 Å². The maximum Gasteiger partial charge on any atom is 0.300 e. The fourth-order valence-electron chi connectivity index (χ4n) is 1.62. The lowest BCUT2D eigenvalue weighted by molar-refractivity contribution is -0.393. The van der Waals surface area contributed by atoms with Crippen molar-refractivity contribution in [2.24, 2.45) is 5.73 Å². The average Bonchev–Trinajstić information content (AvgIpc) is 3.24. The normalized spacial score (nSPS) is 19.1. The van der Waals surface area contributed by atoms with Crippen LogP contribution in [0.25, 0.3) is 0 Å². The summed E-state index contributed by atoms with van der Waals surface area (Å²) in [5.41, 5.74) is 8.03. The van der Waals surface area contributed by atoms with Gasteiger partial charge in [-0.3, -0.25) is 40.7 Å². The predicted molar refractivity (Wildman–Crippen MR) is 69.4 cm³/mol. The van der Waals surface area contributed by atoms with Crippen molar-refractivity contribution >= 4 is 28.9 Å². The van der Waals surface area contributed by atoms with Crippen molar-refractivity contribution in [1.29, 1.82) is 0 Å². The first-order valence-electron chi connectivity index (χ1n) is 5.74. The van der Waals surface area contributed by atoms with Crippen LogP contribution in [0.15, 0.2) is 18.2 Å². The van der Waals surface area contributed by atoms with Gasteiger partial charge in [-0.15, -0.1) is 0 Å². The highest BCUT2D eigenvalue weighted by Gasteiger charge is 2.49. The number of benzene rings is 1. The zero-order valence-corrected chi connectivity index (χ0v) is 10.7. The molecule has 2 amide bonds. The Hall–Kier alpha value is -3.28. The Morgan fingerprint density at radius 1 is 1.18 bits per heavy atom. The number of carbonyl (C=O) groups is 2. The van der Waals surface area contributed by atoms with E-state index in [0.717, 1.165) is 18.2 Å². The lowest BCUT2D eigenvalue weighted by Gasteiger charge is -2.07. The minimum atomic E-state index is -1.07. The van der Waals surface area contributed by atoms with Crippen LogP contribution in [0.2, 0.25) is 0 Å². The lowest BCUT2D eigenvalue weighted by atomic mass is 10.2. The molecule has 0 aliphatic carbocycles. The molecular formula is C10H9N5O7. The number of carbonyl (C=O) groups excluding carboxylic acids is 2. The first kappa shape index (κ1) is 15.1. The third-order valence-electron chi connectivity index (χ3n) is 2.74. The van der Waals surface area contributed by atoms with Crippen LogP contribution in [0.4, 0.5) is 17.1 Å². The molecule has 116 valence electrons. The summed E-state index contributed by atoms with van der Waals surface area (Å²) >= 11 is 0. The van der Waals surface area contributed by atoms with Gasteiger partial charge in [0.2, 0.25) is 5.91 Å². The Balaban J connectivity index is 2.07. The number of nitro benzene ring substituents is 2. The molecular weight excluding hydrogens is 302 g/mol. The summed E-state index contributed by atoms with van der Waals surface area (Å²) in [7, 11) is 0. The second kappa shape index (κ2) is 5.61. The summed E-state index contributed by atoms with van der Waals surface area (Å²) in [4.78, 5) is 42.1. The first-order valence-corrected chi connectivity index (χ1v) is 5.74. The molecule has 12 nitrogen and oxygen atoms in total. The molecule has 2 rings (SSSR count). The number of nitrogens with two attached hydrogens (primary N) is 1. The maximum atomic E-state index is 11.6. The average molecular weight is 311 g/mol. The minimum Gasteiger partial charge on any atom is -0.367 e. The first-order chi connectivity index (χ1) is 10.3. The van der Waals surface area contributed by atoms with Crippen LogP contribution in [0.1, 0.15) is 0 Å². The van der Waals surface area contributed by atoms with E-state index in [1.165, 1.54) is 0 Å². The molecule has 1 aromatic rings. The fourth-order valence-corrected chi connectivity index (χ4v) is 1.62. The number of primary amides is 1. The van der Waals surface area contributed by atoms with Gasteiger partial charge < -0.3 is 10.5 Å². The van der Waals surface area contributed by atoms with Crippen LogP contribution in [0, 0.1) is 20.2 Å². The van der Waals surface area contributed by atoms with Gasteiger partial charge in [-0.2, -0.15) is 0 Å². The number of nitrogens with zero attached hydrogens (tertiary/aromatic N) is 2. The number of ether oxygens (including phenoxy) is 1. The second-order valence-electron chi connectivity index (χ2n) is 4.21. The van der Waals surface area contributed by atoms with Crippen LogP contribution in [-0.2, 0) is 14.3 Å². The molecule has 0 aromatic heterocycles. The van der Waals surface area contributed by atoms with E-state index in [1.807, 2.05) is 0 Å². The smallest absolute Gasteiger partial charge is 0.300 e. The number of nitrogens with one attached hydrogen (secondary N) is 2. The van der Waals surface area contributed by atoms with Crippen LogP contribution in [0.3, 0.4) is 0 Å². The van der Waals surface area contributed by atoms with Gasteiger partial charge in [-0.25, -0.2) is 0 Å². The molecule has 1 aromatic carbocycles. The zero-order valence-electron chi connectivity index (χ0n) is 10.7. The van der Waals surface area contributed by atoms with E-state index in [1.54, 1.807) is 0 Å². The molecule has 4 N–H and O–H groups in total. The number of non-ortho nitro benzene ring substituents is 1. The highest BCUT2D eigenvalue weighted by atomic mass is 16.6. The van der Waals surface area contributed by atoms with Gasteiger partial charge in [-0.1, -0.05) is 0 Å². The van der Waals surface area contributed by atoms with Crippen molar-refractivity contribution in [2.75, 3.05) is 5.43 Å². The monoisotopic (exact) mass is 311 g/mol. The molecule has 1 aliphatic heterocycles. The summed E-state index contributed by atoms with van der Waals surface area (Å²) in [6.07, 6.45) is -2.10. The van der Waals surface area contributed by atoms with E-state index < -0.39 is 45.2 Å². The third-order valence-corrected chi connectivity index (χ3v) is 2.74. The van der Waals surface area contributed by atoms with Crippen molar-refractivity contribution < 1.29 is 24.2 Å². The summed E-state index contributed by atoms with van der Waals surface area (Å²) in [6, 6.07) is 2.84. The number of hydrazine groups is 1. The lowest BCUT2D eigenvalue weighted by Crippen LogP contribution is -2.35. The molecule has 12 heteroatoms. The summed E-state index contributed by atoms with van der Waals surface area (Å²) in [5, 5.41) is 21.5. The number of rotatable bonds is 6. The molecule has 1 saturated heterocycles. The Kier molecular flexibility index (Phi) is 3.85. The Morgan fingerprint density at radius 3 is 2.36 bits per heavy atom. The van der Waals surface area contributed by atoms with Gasteiger partial charge in [0.15, 0.2) is 12.2 Å². The Labute approximate surface area is 121 Å². The van der Waals surface area contributed by atoms with Gasteiger partial charge in [0.25, 0.3) is 11.6 Å². The molecule has 1 aliphatic rings. The second-order valence-corrected chi connectivity index (χ2v) is 4.21. The summed E-state index contributed by atoms with van der Waals surface area (Å²) in [6.45, 7) is 0. The van der Waals surface area contributed by atoms with Crippen LogP contribution >= 0.6 is 0 Å². The number of hydrogen-bond donors (Lipinski definition) is 3. The zero-order chi connectivity index (χ0) is 16.4. The number of anilines is 1. The van der Waals surface area contributed by atoms with Crippen molar-refractivity contribution in [3.63, 3.8) is 0 Å². The van der Waals surface area contributed by atoms with E-state index >= 15 is 0 Å². The SMILES string of the molecule is NC(=O)C1OC1C(=O)NNc1ccc([N+](=O)[O-])cc1[N+](=O)[O-]. The molecule has 0 saturated carbocycles. The van der Waals surface area contributed by atoms with Crippen LogP contribution < -0.4 is 16.6 Å². The quantitative estimate of drug-likeness (QED) is 0.346. The maximum absolute atomic E-state index is 11.6. The highest BCUT2D eigenvalue weighted by Crippen LogP contribution is 2.28. The number of nitro groups is 2. The molecule has 0 bridgehead atoms. The number of epoxide rings is 1. The number of amides is 2. The molecule has 2 unspecified atom stereocenters. The van der Waals surface area contributed by atoms with E-state index in [4.69, 9.17) is 10.5 Å². The molecule has 0 radical (unpaired) electrons. The van der Waals surface area contributed by atoms with Gasteiger partial charge in [-0.05, 0) is 6.07 Å². The number of hydrogen-bond acceptors (Lipinski definition) is 8. The predicted octanol–water partition coefficient (Wildman–Crippen LogP) is -0.801. The fraction of sp³-hybridized carbons (Fsp3) is 0.200. The minimum absolute atomic E-state index is 0.166. The summed E-state index contributed by atoms with van der Waals surface area (Å²) < 4.78 is 4.71. The van der Waals surface area contributed by atoms with Crippen LogP contribution in [0.5, 0.6) is 0 Å². The standard InChI is InChI=1S/C10H9N5O7/c11-9(16)7-8(22-7)10(17)13-12-5-2-1-4(14(18)19)3-6(5)15(20)21/h1-3,7-8,12H,(H2,11,16)(H,13,17). The van der Waals surface area contributed by atoms with Crippen molar-refractivity contribution in [3.05, 3.63) is 38.4 Å². The molecule has 22 heavy (non-hydrogen) atoms. The van der Waals surface area contributed by atoms with Crippen molar-refractivity contribution in [3.8, 4) is 0 Å². The topological polar surface area (TPSA) is 183 Å². The summed E-state index contributed by atoms with van der Waals surface area (Å²) in [5.74, 6) is -1.56. The molecule has 0 spiro atoms. The third kappa shape index (κ3) is 3.06. The van der Waals surface area contributed by atoms with Gasteiger partial charge in [0, 0.05) is 6.07 Å². The molecule has 1 fully saturated rings. The van der Waals surface area contributed by atoms with Gasteiger partial charge >= 0.3 is 5.69 Å². The van der Waals surface area contributed by atoms with E-state index in [2.05, 4.69) is 10.9 Å². The van der Waals surface area contributed by atoms with Gasteiger partial charge in [0.1, 0.15) is 5.69 Å². The van der Waals surface area contributed by atoms with Crippen molar-refractivity contribution in [1.82, 2.24) is 5.43 Å². The molecule has 2 atom stereocenters. The Morgan fingerprint density at radius 2 is 1.86 bits per heavy atom.